The lowest BCUT2D eigenvalue weighted by Crippen LogP contribution is -2.54. The normalized spacial score (nSPS) is 15.3. The highest BCUT2D eigenvalue weighted by Crippen LogP contribution is 2.38. The molecule has 2 N–H and O–H groups in total. The maximum absolute atomic E-state index is 13.4. The van der Waals surface area contributed by atoms with Crippen LogP contribution >= 0.6 is 0 Å². The van der Waals surface area contributed by atoms with E-state index in [9.17, 15) is 9.90 Å². The van der Waals surface area contributed by atoms with Gasteiger partial charge in [-0.3, -0.25) is 10.2 Å². The molecule has 0 radical (unpaired) electrons. The van der Waals surface area contributed by atoms with Gasteiger partial charge in [0, 0.05) is 13.7 Å². The van der Waals surface area contributed by atoms with Crippen LogP contribution in [-0.4, -0.2) is 84.2 Å². The molecule has 0 unspecified atom stereocenters. The number of ether oxygens (including phenoxy) is 2. The third-order valence-electron chi connectivity index (χ3n) is 7.41. The zero-order valence-electron chi connectivity index (χ0n) is 26.3. The van der Waals surface area contributed by atoms with Gasteiger partial charge in [0.25, 0.3) is 0 Å². The van der Waals surface area contributed by atoms with Gasteiger partial charge in [0.2, 0.25) is 0 Å². The molecule has 8 nitrogen and oxygen atoms in total. The van der Waals surface area contributed by atoms with Gasteiger partial charge in [0.05, 0.1) is 25.9 Å². The van der Waals surface area contributed by atoms with Crippen LogP contribution in [-0.2, 0) is 18.3 Å². The summed E-state index contributed by atoms with van der Waals surface area (Å²) in [6.45, 7) is 32.7. The Hall–Kier alpha value is -0.756. The number of hydrogen-bond acceptors (Lipinski definition) is 7. The van der Waals surface area contributed by atoms with E-state index in [1.54, 1.807) is 0 Å². The van der Waals surface area contributed by atoms with Crippen LogP contribution in [0, 0.1) is 0 Å². The summed E-state index contributed by atoms with van der Waals surface area (Å²) >= 11 is 0. The number of nitrogens with zero attached hydrogens (tertiary/aromatic N) is 1. The van der Waals surface area contributed by atoms with E-state index >= 15 is 0 Å². The molecule has 37 heavy (non-hydrogen) atoms. The van der Waals surface area contributed by atoms with E-state index in [1.807, 2.05) is 20.8 Å². The van der Waals surface area contributed by atoms with Crippen LogP contribution in [0.1, 0.15) is 68.7 Å². The van der Waals surface area contributed by atoms with Crippen molar-refractivity contribution >= 4 is 22.7 Å². The third kappa shape index (κ3) is 12.8. The Kier molecular flexibility index (Phi) is 13.8. The first-order valence-electron chi connectivity index (χ1n) is 13.3. The third-order valence-corrected chi connectivity index (χ3v) is 16.4. The molecule has 0 spiro atoms. The number of carbonyl (C=O) groups is 1. The molecule has 10 heteroatoms. The molecule has 1 amide bonds. The van der Waals surface area contributed by atoms with E-state index in [0.717, 1.165) is 5.57 Å². The molecule has 0 fully saturated rings. The summed E-state index contributed by atoms with van der Waals surface area (Å²) in [6.07, 6.45) is -0.973. The minimum Gasteiger partial charge on any atom is -0.444 e. The van der Waals surface area contributed by atoms with Gasteiger partial charge in [-0.1, -0.05) is 53.7 Å². The second kappa shape index (κ2) is 14.0. The number of methoxy groups -OCH3 is 1. The van der Waals surface area contributed by atoms with Gasteiger partial charge in [0.15, 0.2) is 16.6 Å². The minimum atomic E-state index is -2.13. The second-order valence-electron chi connectivity index (χ2n) is 13.9. The van der Waals surface area contributed by atoms with Gasteiger partial charge >= 0.3 is 6.09 Å². The molecule has 0 rings (SSSR count). The SMILES string of the molecule is C=C(CCO[Si](C)(C)C(C)(C)C)[C@@H](CO[Si](C)(C)C(C)(C)C)N(C[C@H](O)NCOC)C(=O)OC(C)(C)C. The smallest absolute Gasteiger partial charge is 0.411 e. The molecule has 0 aromatic heterocycles. The van der Waals surface area contributed by atoms with Crippen molar-refractivity contribution in [2.45, 2.75) is 123 Å². The minimum absolute atomic E-state index is 0.000605. The highest BCUT2D eigenvalue weighted by molar-refractivity contribution is 6.74. The monoisotopic (exact) mass is 562 g/mol. The fourth-order valence-corrected chi connectivity index (χ4v) is 4.89. The van der Waals surface area contributed by atoms with Crippen LogP contribution in [0.5, 0.6) is 0 Å². The molecule has 0 aliphatic heterocycles. The quantitative estimate of drug-likeness (QED) is 0.150. The molecule has 0 aliphatic rings. The molecule has 0 saturated carbocycles. The number of carbonyl (C=O) groups excluding carboxylic acids is 1. The zero-order valence-corrected chi connectivity index (χ0v) is 28.3. The molecule has 0 bridgehead atoms. The number of aliphatic hydroxyl groups is 1. The fraction of sp³-hybridized carbons (Fsp3) is 0.889. The van der Waals surface area contributed by atoms with Crippen molar-refractivity contribution in [3.05, 3.63) is 12.2 Å². The van der Waals surface area contributed by atoms with Gasteiger partial charge in [-0.15, -0.1) is 0 Å². The van der Waals surface area contributed by atoms with Crippen LogP contribution < -0.4 is 5.32 Å². The largest absolute Gasteiger partial charge is 0.444 e. The van der Waals surface area contributed by atoms with E-state index in [1.165, 1.54) is 12.0 Å². The topological polar surface area (TPSA) is 89.5 Å². The number of amides is 1. The van der Waals surface area contributed by atoms with Crippen molar-refractivity contribution in [3.63, 3.8) is 0 Å². The Balaban J connectivity index is 6.07. The van der Waals surface area contributed by atoms with Crippen LogP contribution in [0.25, 0.3) is 0 Å². The molecule has 2 atom stereocenters. The molecular formula is C27H58N2O6Si2. The molecule has 0 aromatic carbocycles. The first-order valence-corrected chi connectivity index (χ1v) is 19.1. The summed E-state index contributed by atoms with van der Waals surface area (Å²) in [4.78, 5) is 15.0. The Morgan fingerprint density at radius 3 is 1.86 bits per heavy atom. The highest BCUT2D eigenvalue weighted by atomic mass is 28.4. The van der Waals surface area contributed by atoms with Crippen molar-refractivity contribution < 1.29 is 28.2 Å². The Morgan fingerprint density at radius 1 is 0.946 bits per heavy atom. The van der Waals surface area contributed by atoms with E-state index in [-0.39, 0.29) is 30.0 Å². The van der Waals surface area contributed by atoms with E-state index < -0.39 is 40.6 Å². The molecular weight excluding hydrogens is 504 g/mol. The summed E-state index contributed by atoms with van der Waals surface area (Å²) < 4.78 is 23.8. The zero-order chi connectivity index (χ0) is 29.5. The summed E-state index contributed by atoms with van der Waals surface area (Å²) in [5.41, 5.74) is 0.111. The predicted octanol–water partition coefficient (Wildman–Crippen LogP) is 6.09. The average Bonchev–Trinajstić information content (AvgIpc) is 2.68. The summed E-state index contributed by atoms with van der Waals surface area (Å²) in [7, 11) is -2.53. The summed E-state index contributed by atoms with van der Waals surface area (Å²) in [5, 5.41) is 13.6. The lowest BCUT2D eigenvalue weighted by Gasteiger charge is -2.41. The van der Waals surface area contributed by atoms with Crippen LogP contribution in [0.4, 0.5) is 4.79 Å². The molecule has 0 saturated heterocycles. The van der Waals surface area contributed by atoms with Crippen molar-refractivity contribution in [1.82, 2.24) is 10.2 Å². The Bertz CT molecular complexity index is 724. The second-order valence-corrected chi connectivity index (χ2v) is 23.5. The lowest BCUT2D eigenvalue weighted by atomic mass is 10.1. The summed E-state index contributed by atoms with van der Waals surface area (Å²) in [5.74, 6) is 0. The van der Waals surface area contributed by atoms with Crippen molar-refractivity contribution in [3.8, 4) is 0 Å². The lowest BCUT2D eigenvalue weighted by molar-refractivity contribution is -0.00816. The van der Waals surface area contributed by atoms with Gasteiger partial charge in [-0.25, -0.2) is 4.79 Å². The number of aliphatic hydroxyl groups excluding tert-OH is 1. The van der Waals surface area contributed by atoms with E-state index in [0.29, 0.717) is 13.0 Å². The molecule has 0 aromatic rings. The standard InChI is InChI=1S/C27H58N2O6Si2/c1-21(16-17-33-36(12,13)26(5,6)7)22(19-34-37(14,15)27(8,9)10)29(18-23(30)28-20-32-11)24(31)35-25(2,3)4/h22-23,28,30H,1,16-20H2,2-15H3/t22-,23+/m1/s1. The Morgan fingerprint density at radius 2 is 1.43 bits per heavy atom. The van der Waals surface area contributed by atoms with Gasteiger partial charge in [0.1, 0.15) is 11.8 Å². The van der Waals surface area contributed by atoms with Gasteiger partial charge in [-0.05, 0) is 63.5 Å². The van der Waals surface area contributed by atoms with E-state index in [4.69, 9.17) is 18.3 Å². The van der Waals surface area contributed by atoms with Crippen LogP contribution in [0.15, 0.2) is 12.2 Å². The first kappa shape index (κ1) is 36.2. The van der Waals surface area contributed by atoms with Crippen LogP contribution in [0.3, 0.4) is 0 Å². The molecule has 220 valence electrons. The van der Waals surface area contributed by atoms with Crippen molar-refractivity contribution in [2.24, 2.45) is 0 Å². The Labute approximate surface area is 229 Å². The van der Waals surface area contributed by atoms with Crippen molar-refractivity contribution in [1.29, 1.82) is 0 Å². The average molecular weight is 563 g/mol. The number of rotatable bonds is 14. The maximum atomic E-state index is 13.4. The fourth-order valence-electron chi connectivity index (χ4n) is 2.83. The summed E-state index contributed by atoms with van der Waals surface area (Å²) in [6, 6.07) is -0.494. The van der Waals surface area contributed by atoms with E-state index in [2.05, 4.69) is 79.6 Å². The molecule has 0 aliphatic carbocycles. The number of nitrogens with one attached hydrogen (secondary N) is 1. The van der Waals surface area contributed by atoms with Gasteiger partial charge in [-0.2, -0.15) is 0 Å². The molecule has 0 heterocycles. The number of hydrogen-bond donors (Lipinski definition) is 2. The first-order chi connectivity index (χ1) is 16.4. The maximum Gasteiger partial charge on any atom is 0.411 e. The van der Waals surface area contributed by atoms with Crippen LogP contribution in [0.2, 0.25) is 36.3 Å². The van der Waals surface area contributed by atoms with Crippen molar-refractivity contribution in [2.75, 3.05) is 33.6 Å². The predicted molar refractivity (Wildman–Crippen MR) is 158 cm³/mol. The van der Waals surface area contributed by atoms with Gasteiger partial charge < -0.3 is 23.4 Å². The highest BCUT2D eigenvalue weighted by Gasteiger charge is 2.40.